The second kappa shape index (κ2) is 7.04. The van der Waals surface area contributed by atoms with Gasteiger partial charge in [0.25, 0.3) is 5.91 Å². The first-order chi connectivity index (χ1) is 11.9. The molecule has 1 saturated heterocycles. The number of nitrogens with one attached hydrogen (secondary N) is 1. The Hall–Kier alpha value is -2.46. The summed E-state index contributed by atoms with van der Waals surface area (Å²) < 4.78 is 30.4. The fourth-order valence-corrected chi connectivity index (χ4v) is 3.28. The Bertz CT molecular complexity index is 847. The Balaban J connectivity index is 2.01. The van der Waals surface area contributed by atoms with Crippen LogP contribution in [0.1, 0.15) is 19.4 Å². The van der Waals surface area contributed by atoms with Crippen molar-refractivity contribution in [1.82, 2.24) is 14.5 Å². The zero-order valence-electron chi connectivity index (χ0n) is 15.0. The Morgan fingerprint density at radius 2 is 1.92 bits per heavy atom. The quantitative estimate of drug-likeness (QED) is 0.559. The van der Waals surface area contributed by atoms with Crippen molar-refractivity contribution in [2.45, 2.75) is 30.9 Å². The molecule has 1 N–H and O–H groups in total. The van der Waals surface area contributed by atoms with Gasteiger partial charge < -0.3 is 10.1 Å². The minimum absolute atomic E-state index is 0.0758. The van der Waals surface area contributed by atoms with Crippen LogP contribution in [0.3, 0.4) is 0 Å². The molecule has 0 aliphatic carbocycles. The fraction of sp³-hybridized carbons (Fsp3) is 0.438. The average molecular weight is 383 g/mol. The number of sulfonamides is 1. The van der Waals surface area contributed by atoms with Gasteiger partial charge in [-0.25, -0.2) is 17.5 Å². The number of urea groups is 1. The Morgan fingerprint density at radius 1 is 1.27 bits per heavy atom. The van der Waals surface area contributed by atoms with Crippen LogP contribution in [0.15, 0.2) is 29.2 Å². The number of carbonyl (C=O) groups excluding carboxylic acids is 3. The number of esters is 1. The molecule has 1 aromatic rings. The van der Waals surface area contributed by atoms with Crippen LogP contribution < -0.4 is 5.32 Å². The SMILES string of the molecule is CN(C)S(=O)(=O)c1cccc(COC(=O)CN2C(=O)NC(C)(C)C2=O)c1. The molecule has 1 fully saturated rings. The minimum Gasteiger partial charge on any atom is -0.459 e. The zero-order chi connectivity index (χ0) is 19.7. The summed E-state index contributed by atoms with van der Waals surface area (Å²) in [5.41, 5.74) is -0.592. The minimum atomic E-state index is -3.60. The Kier molecular flexibility index (Phi) is 5.38. The zero-order valence-corrected chi connectivity index (χ0v) is 15.8. The second-order valence-electron chi connectivity index (χ2n) is 6.54. The van der Waals surface area contributed by atoms with Gasteiger partial charge in [0.2, 0.25) is 10.0 Å². The molecule has 2 rings (SSSR count). The maximum atomic E-state index is 12.1. The number of hydrogen-bond acceptors (Lipinski definition) is 6. The normalized spacial score (nSPS) is 16.7. The lowest BCUT2D eigenvalue weighted by Gasteiger charge is -2.15. The smallest absolute Gasteiger partial charge is 0.326 e. The first-order valence-corrected chi connectivity index (χ1v) is 9.20. The largest absolute Gasteiger partial charge is 0.459 e. The number of amides is 3. The van der Waals surface area contributed by atoms with Gasteiger partial charge in [0.15, 0.2) is 0 Å². The fourth-order valence-electron chi connectivity index (χ4n) is 2.31. The summed E-state index contributed by atoms with van der Waals surface area (Å²) in [4.78, 5) is 36.6. The molecule has 0 spiro atoms. The standard InChI is InChI=1S/C16H21N3O6S/c1-16(2)14(21)19(15(22)17-16)9-13(20)25-10-11-6-5-7-12(8-11)26(23,24)18(3)4/h5-8H,9-10H2,1-4H3,(H,17,22). The summed E-state index contributed by atoms with van der Waals surface area (Å²) in [5, 5.41) is 2.47. The summed E-state index contributed by atoms with van der Waals surface area (Å²) in [5.74, 6) is -1.29. The van der Waals surface area contributed by atoms with Gasteiger partial charge in [0.05, 0.1) is 4.90 Å². The van der Waals surface area contributed by atoms with E-state index in [1.165, 1.54) is 40.1 Å². The predicted octanol–water partition coefficient (Wildman–Crippen LogP) is 0.311. The molecule has 3 amide bonds. The van der Waals surface area contributed by atoms with Gasteiger partial charge in [-0.05, 0) is 31.5 Å². The van der Waals surface area contributed by atoms with Gasteiger partial charge in [-0.1, -0.05) is 12.1 Å². The van der Waals surface area contributed by atoms with E-state index in [1.54, 1.807) is 12.1 Å². The summed E-state index contributed by atoms with van der Waals surface area (Å²) in [6, 6.07) is 5.34. The molecule has 0 saturated carbocycles. The van der Waals surface area contributed by atoms with Gasteiger partial charge in [0, 0.05) is 14.1 Å². The highest BCUT2D eigenvalue weighted by atomic mass is 32.2. The van der Waals surface area contributed by atoms with Crippen LogP contribution in [-0.4, -0.2) is 61.7 Å². The molecule has 0 atom stereocenters. The van der Waals surface area contributed by atoms with E-state index in [-0.39, 0.29) is 11.5 Å². The highest BCUT2D eigenvalue weighted by Gasteiger charge is 2.45. The lowest BCUT2D eigenvalue weighted by molar-refractivity contribution is -0.148. The van der Waals surface area contributed by atoms with E-state index in [9.17, 15) is 22.8 Å². The van der Waals surface area contributed by atoms with Crippen molar-refractivity contribution in [3.63, 3.8) is 0 Å². The van der Waals surface area contributed by atoms with E-state index in [2.05, 4.69) is 5.32 Å². The van der Waals surface area contributed by atoms with Crippen LogP contribution in [0, 0.1) is 0 Å². The molecule has 1 aliphatic rings. The van der Waals surface area contributed by atoms with E-state index >= 15 is 0 Å². The molecule has 26 heavy (non-hydrogen) atoms. The second-order valence-corrected chi connectivity index (χ2v) is 8.69. The number of rotatable bonds is 6. The van der Waals surface area contributed by atoms with Crippen LogP contribution in [0.4, 0.5) is 4.79 Å². The monoisotopic (exact) mass is 383 g/mol. The van der Waals surface area contributed by atoms with Gasteiger partial charge in [-0.2, -0.15) is 0 Å². The van der Waals surface area contributed by atoms with Gasteiger partial charge in [0.1, 0.15) is 18.7 Å². The van der Waals surface area contributed by atoms with Gasteiger partial charge >= 0.3 is 12.0 Å². The van der Waals surface area contributed by atoms with Gasteiger partial charge in [-0.3, -0.25) is 14.5 Å². The first kappa shape index (κ1) is 19.9. The summed E-state index contributed by atoms with van der Waals surface area (Å²) in [6.07, 6.45) is 0. The lowest BCUT2D eigenvalue weighted by Crippen LogP contribution is -2.41. The van der Waals surface area contributed by atoms with Crippen LogP contribution in [0.2, 0.25) is 0 Å². The van der Waals surface area contributed by atoms with E-state index in [0.717, 1.165) is 9.21 Å². The first-order valence-electron chi connectivity index (χ1n) is 7.76. The molecule has 1 heterocycles. The number of nitrogens with zero attached hydrogens (tertiary/aromatic N) is 2. The maximum absolute atomic E-state index is 12.1. The van der Waals surface area contributed by atoms with E-state index < -0.39 is 40.0 Å². The molecule has 0 aromatic heterocycles. The summed E-state index contributed by atoms with van der Waals surface area (Å²) in [6.45, 7) is 2.39. The van der Waals surface area contributed by atoms with Crippen molar-refractivity contribution < 1.29 is 27.5 Å². The number of imide groups is 1. The third kappa shape index (κ3) is 4.02. The molecule has 1 aromatic carbocycles. The van der Waals surface area contributed by atoms with Crippen LogP contribution in [0.25, 0.3) is 0 Å². The van der Waals surface area contributed by atoms with Gasteiger partial charge in [-0.15, -0.1) is 0 Å². The molecular weight excluding hydrogens is 362 g/mol. The van der Waals surface area contributed by atoms with E-state index in [4.69, 9.17) is 4.74 Å². The number of carbonyl (C=O) groups is 3. The van der Waals surface area contributed by atoms with Crippen LogP contribution >= 0.6 is 0 Å². The molecule has 0 unspecified atom stereocenters. The molecule has 0 bridgehead atoms. The maximum Gasteiger partial charge on any atom is 0.326 e. The molecule has 142 valence electrons. The van der Waals surface area contributed by atoms with Crippen molar-refractivity contribution in [2.24, 2.45) is 0 Å². The predicted molar refractivity (Wildman–Crippen MR) is 91.4 cm³/mol. The number of ether oxygens (including phenoxy) is 1. The third-order valence-electron chi connectivity index (χ3n) is 3.81. The highest BCUT2D eigenvalue weighted by Crippen LogP contribution is 2.17. The third-order valence-corrected chi connectivity index (χ3v) is 5.62. The number of hydrogen-bond donors (Lipinski definition) is 1. The van der Waals surface area contributed by atoms with E-state index in [1.807, 2.05) is 0 Å². The molecule has 0 radical (unpaired) electrons. The molecular formula is C16H21N3O6S. The number of benzene rings is 1. The lowest BCUT2D eigenvalue weighted by atomic mass is 10.1. The summed E-state index contributed by atoms with van der Waals surface area (Å²) >= 11 is 0. The molecule has 1 aliphatic heterocycles. The van der Waals surface area contributed by atoms with Crippen molar-refractivity contribution in [1.29, 1.82) is 0 Å². The Morgan fingerprint density at radius 3 is 2.46 bits per heavy atom. The van der Waals surface area contributed by atoms with Crippen LogP contribution in [0.5, 0.6) is 0 Å². The molecule has 10 heteroatoms. The van der Waals surface area contributed by atoms with Crippen molar-refractivity contribution >= 4 is 27.9 Å². The molecule has 9 nitrogen and oxygen atoms in total. The average Bonchev–Trinajstić information content (AvgIpc) is 2.75. The summed E-state index contributed by atoms with van der Waals surface area (Å²) in [7, 11) is -0.761. The van der Waals surface area contributed by atoms with Crippen molar-refractivity contribution in [3.05, 3.63) is 29.8 Å². The van der Waals surface area contributed by atoms with E-state index in [0.29, 0.717) is 5.56 Å². The van der Waals surface area contributed by atoms with Crippen molar-refractivity contribution in [3.8, 4) is 0 Å². The van der Waals surface area contributed by atoms with Crippen molar-refractivity contribution in [2.75, 3.05) is 20.6 Å². The topological polar surface area (TPSA) is 113 Å². The van der Waals surface area contributed by atoms with Crippen LogP contribution in [-0.2, 0) is 31.0 Å². The highest BCUT2D eigenvalue weighted by molar-refractivity contribution is 7.89. The Labute approximate surface area is 152 Å².